The Labute approximate surface area is 189 Å². The van der Waals surface area contributed by atoms with Gasteiger partial charge in [0.15, 0.2) is 11.5 Å². The lowest BCUT2D eigenvalue weighted by atomic mass is 10.2. The second kappa shape index (κ2) is 9.40. The molecule has 31 heavy (non-hydrogen) atoms. The number of fused-ring (bicyclic) bond motifs is 1. The van der Waals surface area contributed by atoms with Crippen LogP contribution in [0.3, 0.4) is 0 Å². The van der Waals surface area contributed by atoms with Crippen LogP contribution < -0.4 is 19.5 Å². The maximum Gasteiger partial charge on any atom is 0.266 e. The van der Waals surface area contributed by atoms with E-state index in [0.717, 1.165) is 11.3 Å². The number of hydrogen-bond donors (Lipinski definition) is 1. The average Bonchev–Trinajstić information content (AvgIpc) is 3.32. The van der Waals surface area contributed by atoms with Gasteiger partial charge in [0.05, 0.1) is 11.5 Å². The van der Waals surface area contributed by atoms with Crippen molar-refractivity contribution in [3.05, 3.63) is 52.9 Å². The number of amides is 2. The van der Waals surface area contributed by atoms with Crippen LogP contribution >= 0.6 is 24.0 Å². The van der Waals surface area contributed by atoms with Crippen LogP contribution in [0.5, 0.6) is 17.2 Å². The molecule has 0 unspecified atom stereocenters. The molecule has 0 aliphatic carbocycles. The van der Waals surface area contributed by atoms with E-state index in [1.54, 1.807) is 24.3 Å². The Morgan fingerprint density at radius 3 is 2.77 bits per heavy atom. The lowest BCUT2D eigenvalue weighted by Gasteiger charge is -2.14. The number of anilines is 1. The van der Waals surface area contributed by atoms with Gasteiger partial charge in [-0.05, 0) is 42.8 Å². The number of thioether (sulfide) groups is 1. The van der Waals surface area contributed by atoms with Crippen molar-refractivity contribution >= 4 is 51.9 Å². The highest BCUT2D eigenvalue weighted by molar-refractivity contribution is 8.26. The summed E-state index contributed by atoms with van der Waals surface area (Å²) in [5, 5.41) is 2.80. The van der Waals surface area contributed by atoms with Crippen molar-refractivity contribution in [3.63, 3.8) is 0 Å². The second-order valence-electron chi connectivity index (χ2n) is 6.70. The second-order valence-corrected chi connectivity index (χ2v) is 8.38. The summed E-state index contributed by atoms with van der Waals surface area (Å²) in [6.45, 7) is 2.90. The summed E-state index contributed by atoms with van der Waals surface area (Å²) in [7, 11) is 0. The first-order valence-corrected chi connectivity index (χ1v) is 10.9. The zero-order chi connectivity index (χ0) is 21.8. The minimum Gasteiger partial charge on any atom is -0.494 e. The number of carbonyl (C=O) groups excluding carboxylic acids is 2. The number of benzene rings is 2. The lowest BCUT2D eigenvalue weighted by molar-refractivity contribution is -0.122. The number of hydrogen-bond acceptors (Lipinski definition) is 7. The molecule has 2 heterocycles. The Bertz CT molecular complexity index is 1050. The summed E-state index contributed by atoms with van der Waals surface area (Å²) >= 11 is 6.58. The van der Waals surface area contributed by atoms with Gasteiger partial charge in [-0.3, -0.25) is 14.5 Å². The van der Waals surface area contributed by atoms with E-state index in [9.17, 15) is 9.59 Å². The van der Waals surface area contributed by atoms with Gasteiger partial charge >= 0.3 is 0 Å². The van der Waals surface area contributed by atoms with Crippen LogP contribution in [0.2, 0.25) is 0 Å². The molecule has 2 aliphatic heterocycles. The van der Waals surface area contributed by atoms with Crippen molar-refractivity contribution in [2.24, 2.45) is 0 Å². The number of nitrogens with zero attached hydrogens (tertiary/aromatic N) is 1. The molecule has 1 saturated heterocycles. The van der Waals surface area contributed by atoms with Gasteiger partial charge in [0.2, 0.25) is 12.7 Å². The van der Waals surface area contributed by atoms with E-state index in [1.165, 1.54) is 16.7 Å². The molecular weight excluding hydrogens is 436 g/mol. The van der Waals surface area contributed by atoms with Crippen LogP contribution in [0.15, 0.2) is 47.4 Å². The SMILES string of the molecule is CCOc1ccc(C=C2SC(=S)N(CCC(=O)Nc3ccc4c(c3)OCO4)C2=O)cc1. The van der Waals surface area contributed by atoms with Gasteiger partial charge in [0, 0.05) is 24.7 Å². The van der Waals surface area contributed by atoms with Crippen LogP contribution in [-0.2, 0) is 9.59 Å². The van der Waals surface area contributed by atoms with E-state index in [0.29, 0.717) is 33.0 Å². The summed E-state index contributed by atoms with van der Waals surface area (Å²) in [4.78, 5) is 27.1. The fraction of sp³-hybridized carbons (Fsp3) is 0.227. The van der Waals surface area contributed by atoms with Crippen LogP contribution in [0.25, 0.3) is 6.08 Å². The molecule has 0 spiro atoms. The van der Waals surface area contributed by atoms with Gasteiger partial charge in [0.1, 0.15) is 10.1 Å². The number of rotatable bonds is 7. The highest BCUT2D eigenvalue weighted by Crippen LogP contribution is 2.35. The van der Waals surface area contributed by atoms with Crippen molar-refractivity contribution in [1.82, 2.24) is 4.90 Å². The minimum atomic E-state index is -0.219. The topological polar surface area (TPSA) is 77.1 Å². The Kier molecular flexibility index (Phi) is 6.43. The normalized spacial score (nSPS) is 16.2. The molecule has 1 N–H and O–H groups in total. The zero-order valence-corrected chi connectivity index (χ0v) is 18.4. The average molecular weight is 457 g/mol. The van der Waals surface area contributed by atoms with Gasteiger partial charge < -0.3 is 19.5 Å². The van der Waals surface area contributed by atoms with Gasteiger partial charge in [-0.25, -0.2) is 0 Å². The predicted molar refractivity (Wildman–Crippen MR) is 123 cm³/mol. The minimum absolute atomic E-state index is 0.122. The van der Waals surface area contributed by atoms with Crippen molar-refractivity contribution in [2.75, 3.05) is 25.3 Å². The van der Waals surface area contributed by atoms with Crippen molar-refractivity contribution in [1.29, 1.82) is 0 Å². The molecule has 7 nitrogen and oxygen atoms in total. The third-order valence-electron chi connectivity index (χ3n) is 4.58. The third-order valence-corrected chi connectivity index (χ3v) is 5.96. The number of thiocarbonyl (C=S) groups is 1. The number of carbonyl (C=O) groups is 2. The summed E-state index contributed by atoms with van der Waals surface area (Å²) in [5.41, 5.74) is 1.49. The Morgan fingerprint density at radius 1 is 1.23 bits per heavy atom. The fourth-order valence-corrected chi connectivity index (χ4v) is 4.39. The molecule has 2 aromatic rings. The highest BCUT2D eigenvalue weighted by atomic mass is 32.2. The van der Waals surface area contributed by atoms with E-state index < -0.39 is 0 Å². The van der Waals surface area contributed by atoms with E-state index >= 15 is 0 Å². The van der Waals surface area contributed by atoms with Crippen molar-refractivity contribution < 1.29 is 23.8 Å². The number of nitrogens with one attached hydrogen (secondary N) is 1. The van der Waals surface area contributed by atoms with Crippen LogP contribution in [0.1, 0.15) is 18.9 Å². The van der Waals surface area contributed by atoms with Crippen LogP contribution in [-0.4, -0.2) is 41.0 Å². The van der Waals surface area contributed by atoms with Gasteiger partial charge in [-0.1, -0.05) is 36.1 Å². The summed E-state index contributed by atoms with van der Waals surface area (Å²) in [5.74, 6) is 1.60. The molecule has 1 fully saturated rings. The lowest BCUT2D eigenvalue weighted by Crippen LogP contribution is -2.31. The van der Waals surface area contributed by atoms with E-state index in [2.05, 4.69) is 5.32 Å². The molecule has 160 valence electrons. The predicted octanol–water partition coefficient (Wildman–Crippen LogP) is 4.04. The zero-order valence-electron chi connectivity index (χ0n) is 16.8. The fourth-order valence-electron chi connectivity index (χ4n) is 3.08. The van der Waals surface area contributed by atoms with E-state index in [-0.39, 0.29) is 31.6 Å². The Morgan fingerprint density at radius 2 is 2.00 bits per heavy atom. The first-order valence-electron chi connectivity index (χ1n) is 9.71. The monoisotopic (exact) mass is 456 g/mol. The molecule has 2 amide bonds. The maximum atomic E-state index is 12.8. The number of ether oxygens (including phenoxy) is 3. The van der Waals surface area contributed by atoms with Gasteiger partial charge in [-0.15, -0.1) is 0 Å². The molecule has 2 aromatic carbocycles. The van der Waals surface area contributed by atoms with E-state index in [1.807, 2.05) is 31.2 Å². The standard InChI is InChI=1S/C22H20N2O5S2/c1-2-27-16-6-3-14(4-7-16)11-19-21(26)24(22(30)31-19)10-9-20(25)23-15-5-8-17-18(12-15)29-13-28-17/h3-8,11-12H,2,9-10,13H2,1H3,(H,23,25). The van der Waals surface area contributed by atoms with Crippen LogP contribution in [0, 0.1) is 0 Å². The van der Waals surface area contributed by atoms with Gasteiger partial charge in [-0.2, -0.15) is 0 Å². The first-order chi connectivity index (χ1) is 15.0. The smallest absolute Gasteiger partial charge is 0.266 e. The summed E-state index contributed by atoms with van der Waals surface area (Å²) in [6, 6.07) is 12.7. The highest BCUT2D eigenvalue weighted by Gasteiger charge is 2.32. The molecule has 4 rings (SSSR count). The molecule has 2 aliphatic rings. The summed E-state index contributed by atoms with van der Waals surface area (Å²) < 4.78 is 16.4. The maximum absolute atomic E-state index is 12.8. The third kappa shape index (κ3) is 5.00. The molecular formula is C22H20N2O5S2. The molecule has 0 atom stereocenters. The van der Waals surface area contributed by atoms with Crippen molar-refractivity contribution in [2.45, 2.75) is 13.3 Å². The van der Waals surface area contributed by atoms with E-state index in [4.69, 9.17) is 26.4 Å². The largest absolute Gasteiger partial charge is 0.494 e. The summed E-state index contributed by atoms with van der Waals surface area (Å²) in [6.07, 6.45) is 1.92. The molecule has 9 heteroatoms. The molecule has 0 radical (unpaired) electrons. The molecule has 0 bridgehead atoms. The Balaban J connectivity index is 1.34. The quantitative estimate of drug-likeness (QED) is 0.498. The first kappa shape index (κ1) is 21.2. The molecule has 0 aromatic heterocycles. The Hall–Kier alpha value is -3.04. The van der Waals surface area contributed by atoms with Crippen molar-refractivity contribution in [3.8, 4) is 17.2 Å². The van der Waals surface area contributed by atoms with Crippen LogP contribution in [0.4, 0.5) is 5.69 Å². The molecule has 0 saturated carbocycles. The van der Waals surface area contributed by atoms with Gasteiger partial charge in [0.25, 0.3) is 5.91 Å².